The Kier molecular flexibility index (Phi) is 4.11. The van der Waals surface area contributed by atoms with Crippen molar-refractivity contribution < 1.29 is 13.9 Å². The largest absolute Gasteiger partial charge is 0.490 e. The molecule has 2 N–H and O–H groups in total. The highest BCUT2D eigenvalue weighted by Gasteiger charge is 2.32. The number of ether oxygens (including phenoxy) is 2. The fourth-order valence-corrected chi connectivity index (χ4v) is 2.39. The van der Waals surface area contributed by atoms with E-state index in [9.17, 15) is 4.39 Å². The molecule has 1 aromatic carbocycles. The average Bonchev–Trinajstić information content (AvgIpc) is 2.66. The summed E-state index contributed by atoms with van der Waals surface area (Å²) in [5, 5.41) is 0. The summed E-state index contributed by atoms with van der Waals surface area (Å²) in [7, 11) is 0. The molecule has 0 amide bonds. The Bertz CT molecular complexity index is 446. The molecule has 106 valence electrons. The first kappa shape index (κ1) is 14.3. The van der Waals surface area contributed by atoms with Crippen LogP contribution in [0.15, 0.2) is 18.2 Å². The zero-order chi connectivity index (χ0) is 14.0. The summed E-state index contributed by atoms with van der Waals surface area (Å²) in [5.74, 6) is 0.204. The van der Waals surface area contributed by atoms with E-state index in [2.05, 4.69) is 13.8 Å². The van der Waals surface area contributed by atoms with E-state index in [-0.39, 0.29) is 23.6 Å². The predicted molar refractivity (Wildman–Crippen MR) is 72.7 cm³/mol. The van der Waals surface area contributed by atoms with Gasteiger partial charge in [0.25, 0.3) is 0 Å². The van der Waals surface area contributed by atoms with Gasteiger partial charge in [0.15, 0.2) is 0 Å². The maximum atomic E-state index is 13.3. The normalized spacial score (nSPS) is 23.3. The van der Waals surface area contributed by atoms with Crippen LogP contribution in [-0.4, -0.2) is 18.3 Å². The highest BCUT2D eigenvalue weighted by atomic mass is 19.1. The molecule has 19 heavy (non-hydrogen) atoms. The Morgan fingerprint density at radius 3 is 2.84 bits per heavy atom. The maximum Gasteiger partial charge on any atom is 0.127 e. The molecule has 4 heteroatoms. The fourth-order valence-electron chi connectivity index (χ4n) is 2.39. The summed E-state index contributed by atoms with van der Waals surface area (Å²) in [6.45, 7) is 6.44. The van der Waals surface area contributed by atoms with Gasteiger partial charge in [-0.25, -0.2) is 4.39 Å². The Hall–Kier alpha value is -1.13. The third-order valence-corrected chi connectivity index (χ3v) is 3.44. The van der Waals surface area contributed by atoms with Crippen molar-refractivity contribution in [2.24, 2.45) is 5.73 Å². The van der Waals surface area contributed by atoms with Crippen molar-refractivity contribution in [3.8, 4) is 5.75 Å². The predicted octanol–water partition coefficient (Wildman–Crippen LogP) is 3.18. The molecular formula is C15H22FNO2. The summed E-state index contributed by atoms with van der Waals surface area (Å²) in [4.78, 5) is 0. The molecule has 0 radical (unpaired) electrons. The molecule has 1 fully saturated rings. The molecule has 0 spiro atoms. The van der Waals surface area contributed by atoms with Gasteiger partial charge in [0.05, 0.1) is 11.7 Å². The van der Waals surface area contributed by atoms with E-state index in [1.807, 2.05) is 6.92 Å². The van der Waals surface area contributed by atoms with Gasteiger partial charge < -0.3 is 15.2 Å². The first-order valence-electron chi connectivity index (χ1n) is 6.73. The number of benzene rings is 1. The molecule has 0 saturated carbocycles. The Labute approximate surface area is 113 Å². The first-order valence-corrected chi connectivity index (χ1v) is 6.73. The number of hydrogen-bond acceptors (Lipinski definition) is 3. The van der Waals surface area contributed by atoms with Crippen molar-refractivity contribution in [2.75, 3.05) is 6.61 Å². The molecule has 3 nitrogen and oxygen atoms in total. The van der Waals surface area contributed by atoms with Gasteiger partial charge in [-0.3, -0.25) is 0 Å². The van der Waals surface area contributed by atoms with Gasteiger partial charge in [-0.2, -0.15) is 0 Å². The number of halogens is 1. The summed E-state index contributed by atoms with van der Waals surface area (Å²) in [5.41, 5.74) is 6.59. The summed E-state index contributed by atoms with van der Waals surface area (Å²) >= 11 is 0. The second-order valence-electron chi connectivity index (χ2n) is 5.82. The zero-order valence-corrected chi connectivity index (χ0v) is 11.8. The van der Waals surface area contributed by atoms with Crippen LogP contribution >= 0.6 is 0 Å². The van der Waals surface area contributed by atoms with E-state index < -0.39 is 0 Å². The highest BCUT2D eigenvalue weighted by Crippen LogP contribution is 2.31. The van der Waals surface area contributed by atoms with E-state index >= 15 is 0 Å². The Balaban J connectivity index is 2.01. The number of hydrogen-bond donors (Lipinski definition) is 1. The van der Waals surface area contributed by atoms with E-state index in [1.54, 1.807) is 6.07 Å². The molecule has 2 atom stereocenters. The minimum Gasteiger partial charge on any atom is -0.490 e. The lowest BCUT2D eigenvalue weighted by atomic mass is 10.1. The van der Waals surface area contributed by atoms with E-state index in [4.69, 9.17) is 15.2 Å². The van der Waals surface area contributed by atoms with Crippen LogP contribution in [0.3, 0.4) is 0 Å². The lowest BCUT2D eigenvalue weighted by Crippen LogP contribution is -2.24. The summed E-state index contributed by atoms with van der Waals surface area (Å²) in [6.07, 6.45) is 2.05. The molecule has 1 aliphatic heterocycles. The van der Waals surface area contributed by atoms with Gasteiger partial charge >= 0.3 is 0 Å². The fraction of sp³-hybridized carbons (Fsp3) is 0.600. The minimum absolute atomic E-state index is 0.0687. The average molecular weight is 267 g/mol. The second-order valence-corrected chi connectivity index (χ2v) is 5.82. The standard InChI is InChI=1S/C15H22FNO2/c1-10(17)13-5-4-11(16)8-14(13)18-9-12-6-7-15(2,3)19-12/h4-5,8,10,12H,6-7,9,17H2,1-3H3/t10-,12?/m0/s1. The monoisotopic (exact) mass is 267 g/mol. The van der Waals surface area contributed by atoms with Gasteiger partial charge in [0, 0.05) is 17.7 Å². The van der Waals surface area contributed by atoms with Crippen LogP contribution in [0.25, 0.3) is 0 Å². The summed E-state index contributed by atoms with van der Waals surface area (Å²) in [6, 6.07) is 4.28. The Morgan fingerprint density at radius 1 is 1.53 bits per heavy atom. The zero-order valence-electron chi connectivity index (χ0n) is 11.8. The van der Waals surface area contributed by atoms with Crippen molar-refractivity contribution in [1.82, 2.24) is 0 Å². The molecule has 1 saturated heterocycles. The SMILES string of the molecule is C[C@H](N)c1ccc(F)cc1OCC1CCC(C)(C)O1. The van der Waals surface area contributed by atoms with Gasteiger partial charge in [-0.15, -0.1) is 0 Å². The van der Waals surface area contributed by atoms with Crippen LogP contribution in [0.1, 0.15) is 45.2 Å². The molecule has 1 unspecified atom stereocenters. The van der Waals surface area contributed by atoms with E-state index in [0.29, 0.717) is 12.4 Å². The van der Waals surface area contributed by atoms with E-state index in [1.165, 1.54) is 12.1 Å². The highest BCUT2D eigenvalue weighted by molar-refractivity contribution is 5.36. The van der Waals surface area contributed by atoms with Crippen molar-refractivity contribution in [2.45, 2.75) is 51.4 Å². The van der Waals surface area contributed by atoms with Crippen molar-refractivity contribution in [3.63, 3.8) is 0 Å². The smallest absolute Gasteiger partial charge is 0.127 e. The number of rotatable bonds is 4. The molecule has 2 rings (SSSR count). The lowest BCUT2D eigenvalue weighted by Gasteiger charge is -2.20. The molecule has 1 aromatic rings. The molecule has 1 aliphatic rings. The molecule has 0 aromatic heterocycles. The van der Waals surface area contributed by atoms with Crippen LogP contribution in [0.4, 0.5) is 4.39 Å². The molecule has 1 heterocycles. The van der Waals surface area contributed by atoms with Crippen LogP contribution < -0.4 is 10.5 Å². The van der Waals surface area contributed by atoms with Gasteiger partial charge in [-0.05, 0) is 39.7 Å². The van der Waals surface area contributed by atoms with Gasteiger partial charge in [0.2, 0.25) is 0 Å². The van der Waals surface area contributed by atoms with Crippen molar-refractivity contribution >= 4 is 0 Å². The third kappa shape index (κ3) is 3.67. The van der Waals surface area contributed by atoms with Crippen LogP contribution in [-0.2, 0) is 4.74 Å². The van der Waals surface area contributed by atoms with Crippen LogP contribution in [0.5, 0.6) is 5.75 Å². The molecular weight excluding hydrogens is 245 g/mol. The molecule has 0 bridgehead atoms. The van der Waals surface area contributed by atoms with Gasteiger partial charge in [0.1, 0.15) is 18.2 Å². The Morgan fingerprint density at radius 2 is 2.26 bits per heavy atom. The summed E-state index contributed by atoms with van der Waals surface area (Å²) < 4.78 is 24.8. The van der Waals surface area contributed by atoms with E-state index in [0.717, 1.165) is 18.4 Å². The second kappa shape index (κ2) is 5.47. The van der Waals surface area contributed by atoms with Crippen LogP contribution in [0, 0.1) is 5.82 Å². The quantitative estimate of drug-likeness (QED) is 0.911. The minimum atomic E-state index is -0.313. The van der Waals surface area contributed by atoms with Gasteiger partial charge in [-0.1, -0.05) is 6.07 Å². The third-order valence-electron chi connectivity index (χ3n) is 3.44. The maximum absolute atomic E-state index is 13.3. The lowest BCUT2D eigenvalue weighted by molar-refractivity contribution is -0.0328. The van der Waals surface area contributed by atoms with Crippen molar-refractivity contribution in [3.05, 3.63) is 29.6 Å². The number of nitrogens with two attached hydrogens (primary N) is 1. The van der Waals surface area contributed by atoms with Crippen LogP contribution in [0.2, 0.25) is 0 Å². The molecule has 0 aliphatic carbocycles. The topological polar surface area (TPSA) is 44.5 Å². The van der Waals surface area contributed by atoms with Crippen molar-refractivity contribution in [1.29, 1.82) is 0 Å². The first-order chi connectivity index (χ1) is 8.87.